The van der Waals surface area contributed by atoms with E-state index in [0.29, 0.717) is 16.4 Å². The van der Waals surface area contributed by atoms with Crippen molar-refractivity contribution in [1.29, 1.82) is 0 Å². The van der Waals surface area contributed by atoms with Gasteiger partial charge in [0.1, 0.15) is 5.69 Å². The van der Waals surface area contributed by atoms with Gasteiger partial charge < -0.3 is 0 Å². The van der Waals surface area contributed by atoms with Gasteiger partial charge in [0.25, 0.3) is 5.91 Å². The monoisotopic (exact) mass is 338 g/mol. The number of nitrogens with one attached hydrogen (secondary N) is 2. The fourth-order valence-electron chi connectivity index (χ4n) is 2.15. The van der Waals surface area contributed by atoms with Gasteiger partial charge in [0.15, 0.2) is 0 Å². The standard InChI is InChI=1S/C18H15ClN4O/c1-12(13-5-3-2-4-6-13)20-23-18(24)17-11-16(21-22-17)14-7-9-15(19)10-8-14/h2-11H,1H3,(H,21,22)(H,23,24). The van der Waals surface area contributed by atoms with Gasteiger partial charge in [-0.2, -0.15) is 10.2 Å². The second-order valence-electron chi connectivity index (χ2n) is 5.18. The van der Waals surface area contributed by atoms with E-state index in [9.17, 15) is 4.79 Å². The predicted octanol–water partition coefficient (Wildman–Crippen LogP) is 3.88. The highest BCUT2D eigenvalue weighted by Gasteiger charge is 2.10. The SMILES string of the molecule is CC(=NNC(=O)c1cc(-c2ccc(Cl)cc2)n[nH]1)c1ccccc1. The average Bonchev–Trinajstić information content (AvgIpc) is 3.11. The molecule has 24 heavy (non-hydrogen) atoms. The Morgan fingerprint density at radius 1 is 1.12 bits per heavy atom. The second kappa shape index (κ2) is 7.10. The summed E-state index contributed by atoms with van der Waals surface area (Å²) in [6.45, 7) is 1.84. The van der Waals surface area contributed by atoms with Crippen molar-refractivity contribution < 1.29 is 4.79 Å². The summed E-state index contributed by atoms with van der Waals surface area (Å²) < 4.78 is 0. The summed E-state index contributed by atoms with van der Waals surface area (Å²) in [5.41, 5.74) is 6.08. The molecule has 0 atom stereocenters. The van der Waals surface area contributed by atoms with Crippen molar-refractivity contribution in [3.63, 3.8) is 0 Å². The van der Waals surface area contributed by atoms with Crippen LogP contribution in [-0.4, -0.2) is 21.8 Å². The maximum atomic E-state index is 12.2. The fourth-order valence-corrected chi connectivity index (χ4v) is 2.27. The molecule has 0 fully saturated rings. The minimum Gasteiger partial charge on any atom is -0.272 e. The summed E-state index contributed by atoms with van der Waals surface area (Å²) in [7, 11) is 0. The molecule has 5 nitrogen and oxygen atoms in total. The third-order valence-electron chi connectivity index (χ3n) is 3.48. The molecule has 2 aromatic carbocycles. The molecule has 0 aliphatic heterocycles. The Morgan fingerprint density at radius 2 is 1.83 bits per heavy atom. The van der Waals surface area contributed by atoms with Gasteiger partial charge in [0, 0.05) is 10.6 Å². The van der Waals surface area contributed by atoms with Crippen molar-refractivity contribution >= 4 is 23.2 Å². The van der Waals surface area contributed by atoms with E-state index in [1.54, 1.807) is 18.2 Å². The third kappa shape index (κ3) is 3.70. The van der Waals surface area contributed by atoms with Gasteiger partial charge in [-0.3, -0.25) is 9.89 Å². The van der Waals surface area contributed by atoms with E-state index in [1.165, 1.54) is 0 Å². The number of hydrazone groups is 1. The van der Waals surface area contributed by atoms with Gasteiger partial charge in [0.05, 0.1) is 11.4 Å². The van der Waals surface area contributed by atoms with Crippen molar-refractivity contribution in [3.05, 3.63) is 76.9 Å². The molecule has 0 saturated heterocycles. The van der Waals surface area contributed by atoms with Crippen LogP contribution in [0.2, 0.25) is 5.02 Å². The Labute approximate surface area is 144 Å². The molecule has 0 unspecified atom stereocenters. The second-order valence-corrected chi connectivity index (χ2v) is 5.61. The Balaban J connectivity index is 1.71. The number of amides is 1. The molecule has 120 valence electrons. The number of carbonyl (C=O) groups is 1. The quantitative estimate of drug-likeness (QED) is 0.559. The van der Waals surface area contributed by atoms with Crippen molar-refractivity contribution in [2.75, 3.05) is 0 Å². The van der Waals surface area contributed by atoms with E-state index < -0.39 is 0 Å². The van der Waals surface area contributed by atoms with Gasteiger partial charge in [0.2, 0.25) is 0 Å². The van der Waals surface area contributed by atoms with Gasteiger partial charge >= 0.3 is 0 Å². The summed E-state index contributed by atoms with van der Waals surface area (Å²) in [4.78, 5) is 12.2. The highest BCUT2D eigenvalue weighted by atomic mass is 35.5. The normalized spacial score (nSPS) is 11.3. The number of aromatic amines is 1. The number of H-pyrrole nitrogens is 1. The van der Waals surface area contributed by atoms with E-state index in [2.05, 4.69) is 20.7 Å². The van der Waals surface area contributed by atoms with Crippen molar-refractivity contribution in [2.24, 2.45) is 5.10 Å². The Morgan fingerprint density at radius 3 is 2.54 bits per heavy atom. The van der Waals surface area contributed by atoms with Crippen LogP contribution in [0.25, 0.3) is 11.3 Å². The van der Waals surface area contributed by atoms with Crippen LogP contribution in [0.1, 0.15) is 23.0 Å². The van der Waals surface area contributed by atoms with Crippen molar-refractivity contribution in [1.82, 2.24) is 15.6 Å². The zero-order valence-electron chi connectivity index (χ0n) is 13.0. The van der Waals surface area contributed by atoms with Crippen LogP contribution in [0.15, 0.2) is 65.8 Å². The Bertz CT molecular complexity index is 870. The molecular formula is C18H15ClN4O. The molecule has 0 bridgehead atoms. The lowest BCUT2D eigenvalue weighted by molar-refractivity contribution is 0.0950. The molecule has 0 spiro atoms. The van der Waals surface area contributed by atoms with E-state index in [0.717, 1.165) is 16.8 Å². The maximum Gasteiger partial charge on any atom is 0.289 e. The number of halogens is 1. The van der Waals surface area contributed by atoms with Gasteiger partial charge in [-0.05, 0) is 30.7 Å². The first-order valence-electron chi connectivity index (χ1n) is 7.35. The Kier molecular flexibility index (Phi) is 4.72. The summed E-state index contributed by atoms with van der Waals surface area (Å²) in [5, 5.41) is 11.6. The van der Waals surface area contributed by atoms with E-state index in [4.69, 9.17) is 11.6 Å². The molecule has 0 radical (unpaired) electrons. The van der Waals surface area contributed by atoms with Crippen molar-refractivity contribution in [3.8, 4) is 11.3 Å². The van der Waals surface area contributed by atoms with Crippen LogP contribution in [-0.2, 0) is 0 Å². The molecule has 3 aromatic rings. The molecule has 0 aliphatic rings. The maximum absolute atomic E-state index is 12.2. The summed E-state index contributed by atoms with van der Waals surface area (Å²) in [6, 6.07) is 18.5. The van der Waals surface area contributed by atoms with Gasteiger partial charge in [-0.25, -0.2) is 5.43 Å². The van der Waals surface area contributed by atoms with Crippen LogP contribution in [0, 0.1) is 0 Å². The molecular weight excluding hydrogens is 324 g/mol. The van der Waals surface area contributed by atoms with Gasteiger partial charge in [-0.15, -0.1) is 0 Å². The number of benzene rings is 2. The first-order valence-corrected chi connectivity index (χ1v) is 7.72. The fraction of sp³-hybridized carbons (Fsp3) is 0.0556. The van der Waals surface area contributed by atoms with Crippen LogP contribution in [0.3, 0.4) is 0 Å². The summed E-state index contributed by atoms with van der Waals surface area (Å²) in [5.74, 6) is -0.349. The summed E-state index contributed by atoms with van der Waals surface area (Å²) in [6.07, 6.45) is 0. The van der Waals surface area contributed by atoms with E-state index in [-0.39, 0.29) is 5.91 Å². The van der Waals surface area contributed by atoms with Gasteiger partial charge in [-0.1, -0.05) is 54.1 Å². The van der Waals surface area contributed by atoms with Crippen LogP contribution >= 0.6 is 11.6 Å². The number of hydrogen-bond acceptors (Lipinski definition) is 3. The summed E-state index contributed by atoms with van der Waals surface area (Å²) >= 11 is 5.87. The number of nitrogens with zero attached hydrogens (tertiary/aromatic N) is 2. The van der Waals surface area contributed by atoms with Crippen molar-refractivity contribution in [2.45, 2.75) is 6.92 Å². The van der Waals surface area contributed by atoms with E-state index >= 15 is 0 Å². The highest BCUT2D eigenvalue weighted by molar-refractivity contribution is 6.30. The molecule has 1 aromatic heterocycles. The smallest absolute Gasteiger partial charge is 0.272 e. The molecule has 1 amide bonds. The minimum absolute atomic E-state index is 0.338. The topological polar surface area (TPSA) is 70.1 Å². The zero-order chi connectivity index (χ0) is 16.9. The number of rotatable bonds is 4. The Hall–Kier alpha value is -2.92. The molecule has 0 saturated carbocycles. The lowest BCUT2D eigenvalue weighted by atomic mass is 10.1. The van der Waals surface area contributed by atoms with Crippen LogP contribution in [0.4, 0.5) is 0 Å². The van der Waals surface area contributed by atoms with E-state index in [1.807, 2.05) is 49.4 Å². The third-order valence-corrected chi connectivity index (χ3v) is 3.73. The lowest BCUT2D eigenvalue weighted by Gasteiger charge is -2.01. The highest BCUT2D eigenvalue weighted by Crippen LogP contribution is 2.20. The molecule has 1 heterocycles. The number of carbonyl (C=O) groups excluding carboxylic acids is 1. The largest absolute Gasteiger partial charge is 0.289 e. The lowest BCUT2D eigenvalue weighted by Crippen LogP contribution is -2.19. The van der Waals surface area contributed by atoms with Crippen LogP contribution < -0.4 is 5.43 Å². The average molecular weight is 339 g/mol. The molecule has 6 heteroatoms. The zero-order valence-corrected chi connectivity index (χ0v) is 13.7. The molecule has 2 N–H and O–H groups in total. The predicted molar refractivity (Wildman–Crippen MR) is 95.2 cm³/mol. The first-order chi connectivity index (χ1) is 11.6. The number of hydrogen-bond donors (Lipinski definition) is 2. The number of aromatic nitrogens is 2. The first kappa shape index (κ1) is 16.0. The van der Waals surface area contributed by atoms with Crippen LogP contribution in [0.5, 0.6) is 0 Å². The molecule has 0 aliphatic carbocycles. The minimum atomic E-state index is -0.349. The molecule has 3 rings (SSSR count).